The van der Waals surface area contributed by atoms with E-state index in [1.807, 2.05) is 24.3 Å². The monoisotopic (exact) mass is 398 g/mol. The molecule has 1 aromatic rings. The van der Waals surface area contributed by atoms with Crippen molar-refractivity contribution in [2.75, 3.05) is 32.6 Å². The number of hydrogen-bond acceptors (Lipinski definition) is 5. The molecule has 0 bridgehead atoms. The molecule has 29 heavy (non-hydrogen) atoms. The van der Waals surface area contributed by atoms with Gasteiger partial charge >= 0.3 is 5.97 Å². The number of rotatable bonds is 4. The summed E-state index contributed by atoms with van der Waals surface area (Å²) >= 11 is 0. The number of esters is 1. The molecule has 1 N–H and O–H groups in total. The van der Waals surface area contributed by atoms with Crippen LogP contribution in [0.1, 0.15) is 18.4 Å². The minimum absolute atomic E-state index is 0.120. The second kappa shape index (κ2) is 7.00. The van der Waals surface area contributed by atoms with E-state index in [4.69, 9.17) is 9.47 Å². The molecule has 1 amide bonds. The number of nitrogens with zero attached hydrogens (tertiary/aromatic N) is 1. The maximum Gasteiger partial charge on any atom is 0.337 e. The summed E-state index contributed by atoms with van der Waals surface area (Å²) < 4.78 is 9.65. The van der Waals surface area contributed by atoms with Gasteiger partial charge in [-0.2, -0.15) is 0 Å². The second-order valence-electron chi connectivity index (χ2n) is 8.14. The number of anilines is 1. The van der Waals surface area contributed by atoms with Crippen LogP contribution >= 0.6 is 0 Å². The molecule has 0 saturated carbocycles. The zero-order valence-corrected chi connectivity index (χ0v) is 16.7. The zero-order valence-electron chi connectivity index (χ0n) is 16.7. The zero-order chi connectivity index (χ0) is 20.8. The fourth-order valence-corrected chi connectivity index (χ4v) is 5.65. The average Bonchev–Trinajstić information content (AvgIpc) is 3.19. The Bertz CT molecular complexity index is 897. The van der Waals surface area contributed by atoms with Gasteiger partial charge in [0.25, 0.3) is 0 Å². The molecule has 0 aliphatic carbocycles. The van der Waals surface area contributed by atoms with Crippen LogP contribution in [0.25, 0.3) is 0 Å². The van der Waals surface area contributed by atoms with Crippen LogP contribution in [-0.4, -0.2) is 49.9 Å². The highest BCUT2D eigenvalue weighted by Crippen LogP contribution is 2.55. The highest BCUT2D eigenvalue weighted by atomic mass is 16.6. The number of benzene rings is 1. The van der Waals surface area contributed by atoms with Gasteiger partial charge in [0.05, 0.1) is 39.1 Å². The molecule has 3 aliphatic rings. The van der Waals surface area contributed by atoms with Gasteiger partial charge in [-0.25, -0.2) is 4.79 Å². The van der Waals surface area contributed by atoms with E-state index in [-0.39, 0.29) is 24.3 Å². The molecule has 5 atom stereocenters. The first-order valence-corrected chi connectivity index (χ1v) is 9.83. The third-order valence-electron chi connectivity index (χ3n) is 6.96. The Hall–Kier alpha value is -2.64. The molecule has 1 unspecified atom stereocenters. The fourth-order valence-electron chi connectivity index (χ4n) is 5.65. The van der Waals surface area contributed by atoms with Crippen molar-refractivity contribution in [1.82, 2.24) is 0 Å². The predicted molar refractivity (Wildman–Crippen MR) is 107 cm³/mol. The smallest absolute Gasteiger partial charge is 0.337 e. The van der Waals surface area contributed by atoms with Crippen LogP contribution in [0.5, 0.6) is 0 Å². The van der Waals surface area contributed by atoms with E-state index >= 15 is 0 Å². The minimum atomic E-state index is -0.878. The van der Waals surface area contributed by atoms with Crippen LogP contribution < -0.4 is 5.32 Å². The maximum atomic E-state index is 13.9. The SMILES string of the molecule is C=C[C@H]1C[N+]2([O-])CC[C@]3(C(=O)Nc4ccccc43)[C@@H]2C[C@@H]1/C(=C\OC)C(=O)OC. The van der Waals surface area contributed by atoms with Gasteiger partial charge in [-0.1, -0.05) is 24.3 Å². The predicted octanol–water partition coefficient (Wildman–Crippen LogP) is 2.49. The fraction of sp³-hybridized carbons (Fsp3) is 0.455. The van der Waals surface area contributed by atoms with Crippen LogP contribution in [0.4, 0.5) is 5.69 Å². The maximum absolute atomic E-state index is 13.9. The summed E-state index contributed by atoms with van der Waals surface area (Å²) in [5.41, 5.74) is 1.16. The number of hydrogen-bond donors (Lipinski definition) is 1. The lowest BCUT2D eigenvalue weighted by molar-refractivity contribution is -0.903. The van der Waals surface area contributed by atoms with E-state index in [2.05, 4.69) is 11.9 Å². The van der Waals surface area contributed by atoms with E-state index in [9.17, 15) is 14.8 Å². The van der Waals surface area contributed by atoms with Gasteiger partial charge in [0.2, 0.25) is 5.91 Å². The molecule has 154 valence electrons. The Balaban J connectivity index is 1.80. The summed E-state index contributed by atoms with van der Waals surface area (Å²) in [4.78, 5) is 25.6. The van der Waals surface area contributed by atoms with E-state index in [1.165, 1.54) is 20.5 Å². The third kappa shape index (κ3) is 2.72. The Morgan fingerprint density at radius 1 is 1.38 bits per heavy atom. The standard InChI is InChI=1S/C22H26N2O5/c1-4-14-12-24(27)10-9-22(17-7-5-6-8-18(17)23-21(22)26)19(24)11-15(14)16(13-28-2)20(25)29-3/h4-8,13-15,19H,1,9-12H2,2-3H3,(H,23,26)/b16-13+/t14-,15-,19-,22+,24?/m0/s1. The normalized spacial score (nSPS) is 35.6. The van der Waals surface area contributed by atoms with E-state index in [0.717, 1.165) is 11.3 Å². The molecule has 3 heterocycles. The summed E-state index contributed by atoms with van der Waals surface area (Å²) in [6, 6.07) is 7.09. The minimum Gasteiger partial charge on any atom is -0.633 e. The topological polar surface area (TPSA) is 87.7 Å². The van der Waals surface area contributed by atoms with Gasteiger partial charge in [-0.3, -0.25) is 4.79 Å². The van der Waals surface area contributed by atoms with Crippen molar-refractivity contribution in [2.45, 2.75) is 24.3 Å². The Kier molecular flexibility index (Phi) is 4.75. The van der Waals surface area contributed by atoms with E-state index in [1.54, 1.807) is 6.08 Å². The number of piperidine rings is 1. The molecule has 1 spiro atoms. The number of hydroxylamine groups is 3. The number of methoxy groups -OCH3 is 2. The van der Waals surface area contributed by atoms with Crippen molar-refractivity contribution in [3.05, 3.63) is 59.5 Å². The van der Waals surface area contributed by atoms with E-state index in [0.29, 0.717) is 25.0 Å². The lowest BCUT2D eigenvalue weighted by Crippen LogP contribution is -2.61. The molecule has 7 heteroatoms. The molecule has 7 nitrogen and oxygen atoms in total. The van der Waals surface area contributed by atoms with Crippen LogP contribution in [0, 0.1) is 17.0 Å². The van der Waals surface area contributed by atoms with Crippen molar-refractivity contribution < 1.29 is 23.7 Å². The number of ether oxygens (including phenoxy) is 2. The number of amides is 1. The summed E-state index contributed by atoms with van der Waals surface area (Å²) in [7, 11) is 2.80. The summed E-state index contributed by atoms with van der Waals surface area (Å²) in [6.07, 6.45) is 4.00. The number of para-hydroxylation sites is 1. The lowest BCUT2D eigenvalue weighted by atomic mass is 9.67. The lowest BCUT2D eigenvalue weighted by Gasteiger charge is -2.54. The molecular formula is C22H26N2O5. The number of carbonyl (C=O) groups is 2. The summed E-state index contributed by atoms with van der Waals surface area (Å²) in [5, 5.41) is 16.8. The van der Waals surface area contributed by atoms with Gasteiger partial charge in [-0.05, 0) is 11.6 Å². The average molecular weight is 398 g/mol. The van der Waals surface area contributed by atoms with Crippen molar-refractivity contribution in [1.29, 1.82) is 0 Å². The molecular weight excluding hydrogens is 372 g/mol. The van der Waals surface area contributed by atoms with Crippen molar-refractivity contribution in [3.63, 3.8) is 0 Å². The molecule has 0 radical (unpaired) electrons. The van der Waals surface area contributed by atoms with Gasteiger partial charge in [0, 0.05) is 30.4 Å². The van der Waals surface area contributed by atoms with Crippen LogP contribution in [-0.2, 0) is 24.5 Å². The first kappa shape index (κ1) is 19.7. The third-order valence-corrected chi connectivity index (χ3v) is 6.96. The second-order valence-corrected chi connectivity index (χ2v) is 8.14. The van der Waals surface area contributed by atoms with E-state index < -0.39 is 22.1 Å². The van der Waals surface area contributed by atoms with Crippen molar-refractivity contribution in [2.24, 2.45) is 11.8 Å². The number of quaternary nitrogens is 1. The highest BCUT2D eigenvalue weighted by Gasteiger charge is 2.65. The Labute approximate surface area is 170 Å². The van der Waals surface area contributed by atoms with Gasteiger partial charge in [0.1, 0.15) is 11.5 Å². The highest BCUT2D eigenvalue weighted by molar-refractivity contribution is 6.07. The largest absolute Gasteiger partial charge is 0.633 e. The quantitative estimate of drug-likeness (QED) is 0.210. The molecule has 2 fully saturated rings. The summed E-state index contributed by atoms with van der Waals surface area (Å²) in [5.74, 6) is -1.12. The Morgan fingerprint density at radius 2 is 2.14 bits per heavy atom. The number of nitrogens with one attached hydrogen (secondary N) is 1. The summed E-state index contributed by atoms with van der Waals surface area (Å²) in [6.45, 7) is 4.54. The van der Waals surface area contributed by atoms with Crippen molar-refractivity contribution in [3.8, 4) is 0 Å². The van der Waals surface area contributed by atoms with Gasteiger partial charge < -0.3 is 24.6 Å². The molecule has 3 aliphatic heterocycles. The van der Waals surface area contributed by atoms with Crippen LogP contribution in [0.15, 0.2) is 48.8 Å². The van der Waals surface area contributed by atoms with Crippen LogP contribution in [0.3, 0.4) is 0 Å². The van der Waals surface area contributed by atoms with Gasteiger partial charge in [-0.15, -0.1) is 6.58 Å². The number of carbonyl (C=O) groups excluding carboxylic acids is 2. The first-order valence-electron chi connectivity index (χ1n) is 9.83. The first-order chi connectivity index (χ1) is 13.9. The van der Waals surface area contributed by atoms with Crippen molar-refractivity contribution >= 4 is 17.6 Å². The molecule has 2 saturated heterocycles. The van der Waals surface area contributed by atoms with Gasteiger partial charge in [0.15, 0.2) is 0 Å². The molecule has 1 aromatic carbocycles. The number of fused-ring (bicyclic) bond motifs is 4. The molecule has 0 aromatic heterocycles. The van der Waals surface area contributed by atoms with Crippen LogP contribution in [0.2, 0.25) is 0 Å². The molecule has 4 rings (SSSR count). The Morgan fingerprint density at radius 3 is 2.83 bits per heavy atom.